The summed E-state index contributed by atoms with van der Waals surface area (Å²) in [7, 11) is 0. The summed E-state index contributed by atoms with van der Waals surface area (Å²) in [6.07, 6.45) is -4.13. The van der Waals surface area contributed by atoms with Crippen LogP contribution in [0.3, 0.4) is 0 Å². The Morgan fingerprint density at radius 2 is 2.15 bits per heavy atom. The molecule has 1 aromatic rings. The molecule has 2 rings (SSSR count). The Labute approximate surface area is 162 Å². The van der Waals surface area contributed by atoms with E-state index >= 15 is 0 Å². The van der Waals surface area contributed by atoms with Gasteiger partial charge < -0.3 is 15.4 Å². The molecule has 2 atom stereocenters. The van der Waals surface area contributed by atoms with Gasteiger partial charge in [-0.1, -0.05) is 19.1 Å². The molecular formula is C17H24ClF3N2O2S. The summed E-state index contributed by atoms with van der Waals surface area (Å²) < 4.78 is 44.6. The van der Waals surface area contributed by atoms with Crippen molar-refractivity contribution in [3.63, 3.8) is 0 Å². The fraction of sp³-hybridized carbons (Fsp3) is 0.588. The Hall–Kier alpha value is -1.12. The molecule has 2 N–H and O–H groups in total. The zero-order valence-electron chi connectivity index (χ0n) is 14.5. The maximum Gasteiger partial charge on any atom is 0.419 e. The van der Waals surface area contributed by atoms with E-state index in [1.807, 2.05) is 6.92 Å². The van der Waals surface area contributed by atoms with Crippen LogP contribution in [0.2, 0.25) is 0 Å². The van der Waals surface area contributed by atoms with E-state index in [-0.39, 0.29) is 36.7 Å². The van der Waals surface area contributed by atoms with Crippen molar-refractivity contribution < 1.29 is 22.7 Å². The van der Waals surface area contributed by atoms with Gasteiger partial charge in [-0.25, -0.2) is 0 Å². The van der Waals surface area contributed by atoms with E-state index in [1.165, 1.54) is 18.2 Å². The van der Waals surface area contributed by atoms with Crippen molar-refractivity contribution in [3.8, 4) is 5.75 Å². The zero-order valence-corrected chi connectivity index (χ0v) is 16.1. The van der Waals surface area contributed by atoms with Crippen molar-refractivity contribution in [2.24, 2.45) is 0 Å². The van der Waals surface area contributed by atoms with E-state index in [0.29, 0.717) is 12.8 Å². The molecular weight excluding hydrogens is 389 g/mol. The van der Waals surface area contributed by atoms with Gasteiger partial charge in [-0.2, -0.15) is 24.9 Å². The Balaban J connectivity index is 0.00000338. The lowest BCUT2D eigenvalue weighted by atomic mass is 10.2. The predicted octanol–water partition coefficient (Wildman–Crippen LogP) is 3.50. The molecule has 4 nitrogen and oxygen atoms in total. The van der Waals surface area contributed by atoms with Crippen molar-refractivity contribution in [1.82, 2.24) is 10.6 Å². The van der Waals surface area contributed by atoms with Gasteiger partial charge in [-0.3, -0.25) is 4.79 Å². The number of thioether (sulfide) groups is 1. The molecule has 148 valence electrons. The van der Waals surface area contributed by atoms with E-state index in [2.05, 4.69) is 10.6 Å². The summed E-state index contributed by atoms with van der Waals surface area (Å²) in [4.78, 5) is 12.0. The second-order valence-corrected chi connectivity index (χ2v) is 7.03. The van der Waals surface area contributed by atoms with Crippen LogP contribution >= 0.6 is 24.2 Å². The van der Waals surface area contributed by atoms with E-state index in [9.17, 15) is 18.0 Å². The number of hydrogen-bond acceptors (Lipinski definition) is 4. The van der Waals surface area contributed by atoms with Crippen LogP contribution in [0, 0.1) is 0 Å². The minimum Gasteiger partial charge on any atom is -0.488 e. The molecule has 0 radical (unpaired) electrons. The third-order valence-corrected chi connectivity index (χ3v) is 5.03. The minimum atomic E-state index is -4.47. The second kappa shape index (κ2) is 10.9. The fourth-order valence-corrected chi connectivity index (χ4v) is 3.48. The molecule has 0 bridgehead atoms. The Bertz CT molecular complexity index is 569. The van der Waals surface area contributed by atoms with E-state index < -0.39 is 17.8 Å². The summed E-state index contributed by atoms with van der Waals surface area (Å²) >= 11 is 1.81. The Kier molecular flexibility index (Phi) is 9.60. The molecule has 1 aromatic carbocycles. The average molecular weight is 413 g/mol. The van der Waals surface area contributed by atoms with Crippen molar-refractivity contribution in [3.05, 3.63) is 29.8 Å². The summed E-state index contributed by atoms with van der Waals surface area (Å²) in [6, 6.07) is 5.27. The highest BCUT2D eigenvalue weighted by atomic mass is 35.5. The summed E-state index contributed by atoms with van der Waals surface area (Å²) in [5.74, 6) is 1.61. The van der Waals surface area contributed by atoms with Crippen LogP contribution < -0.4 is 15.4 Å². The molecule has 1 fully saturated rings. The Morgan fingerprint density at radius 3 is 2.77 bits per heavy atom. The van der Waals surface area contributed by atoms with Crippen LogP contribution in [0.1, 0.15) is 25.3 Å². The molecule has 1 saturated heterocycles. The van der Waals surface area contributed by atoms with Crippen molar-refractivity contribution in [2.75, 3.05) is 24.6 Å². The van der Waals surface area contributed by atoms with Crippen LogP contribution in [-0.2, 0) is 11.0 Å². The number of halogens is 4. The molecule has 2 unspecified atom stereocenters. The standard InChI is InChI=1S/C17H23F3N2O2S.ClH/c1-2-13(10-22-16(23)9-12-11-25-8-7-21-12)24-15-6-4-3-5-14(15)17(18,19)20;/h3-6,12-13,21H,2,7-11H2,1H3,(H,22,23);1H. The van der Waals surface area contributed by atoms with Gasteiger partial charge in [-0.05, 0) is 18.6 Å². The van der Waals surface area contributed by atoms with Gasteiger partial charge in [0.05, 0.1) is 12.1 Å². The van der Waals surface area contributed by atoms with Crippen molar-refractivity contribution in [1.29, 1.82) is 0 Å². The zero-order chi connectivity index (χ0) is 18.3. The summed E-state index contributed by atoms with van der Waals surface area (Å²) in [5, 5.41) is 6.04. The molecule has 26 heavy (non-hydrogen) atoms. The first kappa shape index (κ1) is 22.9. The molecule has 1 heterocycles. The average Bonchev–Trinajstić information content (AvgIpc) is 2.59. The first-order valence-electron chi connectivity index (χ1n) is 8.31. The van der Waals surface area contributed by atoms with Gasteiger partial charge in [0.15, 0.2) is 0 Å². The normalized spacial score (nSPS) is 18.5. The third kappa shape index (κ3) is 7.25. The van der Waals surface area contributed by atoms with Gasteiger partial charge in [-0.15, -0.1) is 12.4 Å². The van der Waals surface area contributed by atoms with Gasteiger partial charge >= 0.3 is 6.18 Å². The predicted molar refractivity (Wildman–Crippen MR) is 100 cm³/mol. The Morgan fingerprint density at radius 1 is 1.42 bits per heavy atom. The molecule has 0 aliphatic carbocycles. The lowest BCUT2D eigenvalue weighted by Crippen LogP contribution is -2.43. The van der Waals surface area contributed by atoms with Gasteiger partial charge in [0.1, 0.15) is 11.9 Å². The van der Waals surface area contributed by atoms with E-state index in [4.69, 9.17) is 4.74 Å². The van der Waals surface area contributed by atoms with Crippen molar-refractivity contribution in [2.45, 2.75) is 38.1 Å². The van der Waals surface area contributed by atoms with Crippen LogP contribution in [0.5, 0.6) is 5.75 Å². The quantitative estimate of drug-likeness (QED) is 0.719. The summed E-state index contributed by atoms with van der Waals surface area (Å²) in [5.41, 5.74) is -0.803. The third-order valence-electron chi connectivity index (χ3n) is 3.90. The van der Waals surface area contributed by atoms with Gasteiger partial charge in [0, 0.05) is 30.5 Å². The number of carbonyl (C=O) groups is 1. The second-order valence-electron chi connectivity index (χ2n) is 5.88. The molecule has 0 spiro atoms. The largest absolute Gasteiger partial charge is 0.488 e. The number of benzene rings is 1. The van der Waals surface area contributed by atoms with E-state index in [0.717, 1.165) is 24.1 Å². The molecule has 1 aliphatic heterocycles. The van der Waals surface area contributed by atoms with Gasteiger partial charge in [0.2, 0.25) is 5.91 Å². The number of hydrogen-bond donors (Lipinski definition) is 2. The number of nitrogens with one attached hydrogen (secondary N) is 2. The molecule has 9 heteroatoms. The fourth-order valence-electron chi connectivity index (χ4n) is 2.53. The molecule has 1 amide bonds. The number of para-hydroxylation sites is 1. The lowest BCUT2D eigenvalue weighted by Gasteiger charge is -2.24. The van der Waals surface area contributed by atoms with Gasteiger partial charge in [0.25, 0.3) is 0 Å². The van der Waals surface area contributed by atoms with Crippen LogP contribution in [0.25, 0.3) is 0 Å². The minimum absolute atomic E-state index is 0. The maximum absolute atomic E-state index is 13.0. The smallest absolute Gasteiger partial charge is 0.419 e. The molecule has 0 saturated carbocycles. The van der Waals surface area contributed by atoms with Crippen molar-refractivity contribution >= 4 is 30.1 Å². The highest BCUT2D eigenvalue weighted by Crippen LogP contribution is 2.36. The SMILES string of the molecule is CCC(CNC(=O)CC1CSCCN1)Oc1ccccc1C(F)(F)F.Cl. The highest BCUT2D eigenvalue weighted by molar-refractivity contribution is 7.99. The maximum atomic E-state index is 13.0. The first-order valence-corrected chi connectivity index (χ1v) is 9.46. The number of amides is 1. The monoisotopic (exact) mass is 412 g/mol. The van der Waals surface area contributed by atoms with Crippen LogP contribution in [0.15, 0.2) is 24.3 Å². The number of rotatable bonds is 7. The summed E-state index contributed by atoms with van der Waals surface area (Å²) in [6.45, 7) is 2.88. The number of alkyl halides is 3. The topological polar surface area (TPSA) is 50.4 Å². The number of carbonyl (C=O) groups excluding carboxylic acids is 1. The first-order chi connectivity index (χ1) is 11.9. The van der Waals surface area contributed by atoms with E-state index in [1.54, 1.807) is 11.8 Å². The van der Waals surface area contributed by atoms with Crippen LogP contribution in [0.4, 0.5) is 13.2 Å². The number of ether oxygens (including phenoxy) is 1. The molecule has 0 aromatic heterocycles. The highest BCUT2D eigenvalue weighted by Gasteiger charge is 2.34. The molecule has 1 aliphatic rings. The van der Waals surface area contributed by atoms with Crippen LogP contribution in [-0.4, -0.2) is 42.6 Å². The lowest BCUT2D eigenvalue weighted by molar-refractivity contribution is -0.139.